The van der Waals surface area contributed by atoms with Crippen LogP contribution >= 0.6 is 0 Å². The van der Waals surface area contributed by atoms with E-state index in [0.717, 1.165) is 0 Å². The molecular formula is C14H27NO4. The fourth-order valence-corrected chi connectivity index (χ4v) is 2.99. The molecule has 1 amide bonds. The fraction of sp³-hybridized carbons (Fsp3) is 0.929. The van der Waals surface area contributed by atoms with Crippen LogP contribution in [-0.4, -0.2) is 47.1 Å². The topological polar surface area (TPSA) is 78.8 Å². The second-order valence-corrected chi connectivity index (χ2v) is 6.10. The third-order valence-corrected chi connectivity index (χ3v) is 3.85. The molecule has 0 aromatic carbocycles. The van der Waals surface area contributed by atoms with Crippen molar-refractivity contribution in [2.24, 2.45) is 17.8 Å². The first kappa shape index (κ1) is 16.4. The van der Waals surface area contributed by atoms with Crippen molar-refractivity contribution < 1.29 is 19.7 Å². The molecule has 5 atom stereocenters. The standard InChI is InChI=1S/C14H27NO4/c1-7(2)11-10(6-16)19-14(8(3)4)12(13(11)18)15-9(5)17/h7-8,10-14,16,18H,6H2,1-5H3,(H,15,17). The predicted molar refractivity (Wildman–Crippen MR) is 72.5 cm³/mol. The van der Waals surface area contributed by atoms with Crippen molar-refractivity contribution in [3.05, 3.63) is 0 Å². The maximum Gasteiger partial charge on any atom is 0.217 e. The second-order valence-electron chi connectivity index (χ2n) is 6.10. The summed E-state index contributed by atoms with van der Waals surface area (Å²) in [5.41, 5.74) is 0. The summed E-state index contributed by atoms with van der Waals surface area (Å²) < 4.78 is 5.93. The number of ether oxygens (including phenoxy) is 1. The molecule has 0 aromatic rings. The van der Waals surface area contributed by atoms with Gasteiger partial charge in [-0.25, -0.2) is 0 Å². The molecule has 5 heteroatoms. The molecular weight excluding hydrogens is 246 g/mol. The zero-order valence-electron chi connectivity index (χ0n) is 12.5. The van der Waals surface area contributed by atoms with Crippen molar-refractivity contribution in [2.75, 3.05) is 6.61 Å². The number of nitrogens with one attached hydrogen (secondary N) is 1. The monoisotopic (exact) mass is 273 g/mol. The molecule has 0 saturated carbocycles. The number of rotatable bonds is 4. The third-order valence-electron chi connectivity index (χ3n) is 3.85. The van der Waals surface area contributed by atoms with Gasteiger partial charge in [0.15, 0.2) is 0 Å². The van der Waals surface area contributed by atoms with Crippen LogP contribution in [0.15, 0.2) is 0 Å². The molecule has 1 heterocycles. The van der Waals surface area contributed by atoms with Gasteiger partial charge in [0.2, 0.25) is 5.91 Å². The lowest BCUT2D eigenvalue weighted by Crippen LogP contribution is -2.63. The van der Waals surface area contributed by atoms with Crippen LogP contribution in [-0.2, 0) is 9.53 Å². The van der Waals surface area contributed by atoms with E-state index in [-0.39, 0.29) is 42.5 Å². The highest BCUT2D eigenvalue weighted by molar-refractivity contribution is 5.73. The van der Waals surface area contributed by atoms with E-state index >= 15 is 0 Å². The van der Waals surface area contributed by atoms with Crippen LogP contribution in [0.3, 0.4) is 0 Å². The number of aliphatic hydroxyl groups excluding tert-OH is 2. The highest BCUT2D eigenvalue weighted by atomic mass is 16.5. The summed E-state index contributed by atoms with van der Waals surface area (Å²) in [4.78, 5) is 11.3. The molecule has 5 unspecified atom stereocenters. The maximum atomic E-state index is 11.3. The van der Waals surface area contributed by atoms with Crippen LogP contribution < -0.4 is 5.32 Å². The number of hydrogen-bond donors (Lipinski definition) is 3. The zero-order valence-corrected chi connectivity index (χ0v) is 12.5. The van der Waals surface area contributed by atoms with Gasteiger partial charge in [0.05, 0.1) is 31.0 Å². The Balaban J connectivity index is 3.00. The number of carbonyl (C=O) groups excluding carboxylic acids is 1. The molecule has 0 aromatic heterocycles. The smallest absolute Gasteiger partial charge is 0.217 e. The van der Waals surface area contributed by atoms with Crippen LogP contribution in [0.1, 0.15) is 34.6 Å². The fourth-order valence-electron chi connectivity index (χ4n) is 2.99. The first-order valence-corrected chi connectivity index (χ1v) is 7.01. The third kappa shape index (κ3) is 3.68. The van der Waals surface area contributed by atoms with Crippen molar-refractivity contribution >= 4 is 5.91 Å². The van der Waals surface area contributed by atoms with E-state index in [4.69, 9.17) is 4.74 Å². The molecule has 1 saturated heterocycles. The molecule has 1 fully saturated rings. The molecule has 5 nitrogen and oxygen atoms in total. The lowest BCUT2D eigenvalue weighted by atomic mass is 9.76. The van der Waals surface area contributed by atoms with Crippen molar-refractivity contribution in [2.45, 2.75) is 59.0 Å². The molecule has 3 N–H and O–H groups in total. The lowest BCUT2D eigenvalue weighted by molar-refractivity contribution is -0.190. The van der Waals surface area contributed by atoms with Crippen LogP contribution in [0.25, 0.3) is 0 Å². The van der Waals surface area contributed by atoms with Gasteiger partial charge < -0.3 is 20.3 Å². The van der Waals surface area contributed by atoms with Crippen LogP contribution in [0.2, 0.25) is 0 Å². The summed E-state index contributed by atoms with van der Waals surface area (Å²) in [5, 5.41) is 22.8. The quantitative estimate of drug-likeness (QED) is 0.698. The Labute approximate surface area is 115 Å². The van der Waals surface area contributed by atoms with E-state index in [1.54, 1.807) is 0 Å². The summed E-state index contributed by atoms with van der Waals surface area (Å²) in [5.74, 6) is -0.0507. The number of carbonyl (C=O) groups is 1. The van der Waals surface area contributed by atoms with Gasteiger partial charge in [-0.1, -0.05) is 27.7 Å². The van der Waals surface area contributed by atoms with Gasteiger partial charge in [-0.15, -0.1) is 0 Å². The normalized spacial score (nSPS) is 35.7. The minimum absolute atomic E-state index is 0.115. The largest absolute Gasteiger partial charge is 0.394 e. The molecule has 0 radical (unpaired) electrons. The van der Waals surface area contributed by atoms with Gasteiger partial charge in [-0.3, -0.25) is 4.79 Å². The van der Waals surface area contributed by atoms with E-state index in [1.807, 2.05) is 27.7 Å². The number of hydrogen-bond acceptors (Lipinski definition) is 4. The van der Waals surface area contributed by atoms with E-state index in [0.29, 0.717) is 0 Å². The van der Waals surface area contributed by atoms with E-state index in [9.17, 15) is 15.0 Å². The lowest BCUT2D eigenvalue weighted by Gasteiger charge is -2.47. The molecule has 1 aliphatic rings. The van der Waals surface area contributed by atoms with Gasteiger partial charge in [0.1, 0.15) is 0 Å². The van der Waals surface area contributed by atoms with Crippen molar-refractivity contribution in [3.63, 3.8) is 0 Å². The predicted octanol–water partition coefficient (Wildman–Crippen LogP) is 0.540. The van der Waals surface area contributed by atoms with Gasteiger partial charge in [0, 0.05) is 12.8 Å². The highest BCUT2D eigenvalue weighted by Gasteiger charge is 2.47. The molecule has 0 spiro atoms. The summed E-state index contributed by atoms with van der Waals surface area (Å²) in [6, 6.07) is -0.423. The summed E-state index contributed by atoms with van der Waals surface area (Å²) in [7, 11) is 0. The Kier molecular flexibility index (Phi) is 5.77. The first-order valence-electron chi connectivity index (χ1n) is 7.01. The summed E-state index contributed by atoms with van der Waals surface area (Å²) in [6.07, 6.45) is -1.37. The highest BCUT2D eigenvalue weighted by Crippen LogP contribution is 2.33. The van der Waals surface area contributed by atoms with Crippen LogP contribution in [0, 0.1) is 17.8 Å². The minimum Gasteiger partial charge on any atom is -0.394 e. The van der Waals surface area contributed by atoms with E-state index in [1.165, 1.54) is 6.92 Å². The van der Waals surface area contributed by atoms with E-state index < -0.39 is 12.1 Å². The van der Waals surface area contributed by atoms with Crippen molar-refractivity contribution in [1.29, 1.82) is 0 Å². The number of amides is 1. The Morgan fingerprint density at radius 2 is 1.84 bits per heavy atom. The van der Waals surface area contributed by atoms with Crippen molar-refractivity contribution in [1.82, 2.24) is 5.32 Å². The zero-order chi connectivity index (χ0) is 14.7. The molecule has 19 heavy (non-hydrogen) atoms. The van der Waals surface area contributed by atoms with Gasteiger partial charge in [-0.05, 0) is 11.8 Å². The average Bonchev–Trinajstić information content (AvgIpc) is 2.29. The van der Waals surface area contributed by atoms with Crippen molar-refractivity contribution in [3.8, 4) is 0 Å². The minimum atomic E-state index is -0.706. The maximum absolute atomic E-state index is 11.3. The molecule has 1 aliphatic heterocycles. The molecule has 0 aliphatic carbocycles. The van der Waals surface area contributed by atoms with E-state index in [2.05, 4.69) is 5.32 Å². The first-order chi connectivity index (χ1) is 8.79. The Hall–Kier alpha value is -0.650. The SMILES string of the molecule is CC(=O)NC1C(O)C(C(C)C)C(CO)OC1C(C)C. The average molecular weight is 273 g/mol. The Morgan fingerprint density at radius 3 is 2.21 bits per heavy atom. The molecule has 112 valence electrons. The molecule has 1 rings (SSSR count). The summed E-state index contributed by atoms with van der Waals surface area (Å²) >= 11 is 0. The van der Waals surface area contributed by atoms with Gasteiger partial charge >= 0.3 is 0 Å². The van der Waals surface area contributed by atoms with Gasteiger partial charge in [-0.2, -0.15) is 0 Å². The Morgan fingerprint density at radius 1 is 1.26 bits per heavy atom. The number of aliphatic hydroxyl groups is 2. The van der Waals surface area contributed by atoms with Gasteiger partial charge in [0.25, 0.3) is 0 Å². The Bertz CT molecular complexity index is 306. The molecule has 0 bridgehead atoms. The van der Waals surface area contributed by atoms with Crippen LogP contribution in [0.4, 0.5) is 0 Å². The van der Waals surface area contributed by atoms with Crippen LogP contribution in [0.5, 0.6) is 0 Å². The second kappa shape index (κ2) is 6.68. The summed E-state index contributed by atoms with van der Waals surface area (Å²) in [6.45, 7) is 9.26.